The summed E-state index contributed by atoms with van der Waals surface area (Å²) in [5, 5.41) is 12.1. The van der Waals surface area contributed by atoms with Gasteiger partial charge in [0.05, 0.1) is 5.92 Å². The molecule has 0 atom stereocenters. The molecule has 1 aliphatic heterocycles. The van der Waals surface area contributed by atoms with Crippen molar-refractivity contribution in [3.05, 3.63) is 0 Å². The number of hydrogen-bond acceptors (Lipinski definition) is 2. The normalized spacial score (nSPS) is 38.3. The molecule has 5 aliphatic rings. The van der Waals surface area contributed by atoms with Crippen LogP contribution in [0.2, 0.25) is 0 Å². The minimum Gasteiger partial charge on any atom is -0.481 e. The Morgan fingerprint density at radius 3 is 2.04 bits per heavy atom. The average Bonchev–Trinajstić information content (AvgIpc) is 2.53. The maximum absolute atomic E-state index is 12.3. The number of amides is 2. The van der Waals surface area contributed by atoms with Gasteiger partial charge in [0.15, 0.2) is 0 Å². The average molecular weight is 334 g/mol. The van der Waals surface area contributed by atoms with Crippen molar-refractivity contribution in [3.8, 4) is 0 Å². The van der Waals surface area contributed by atoms with Gasteiger partial charge in [0.1, 0.15) is 0 Å². The van der Waals surface area contributed by atoms with Crippen molar-refractivity contribution in [1.82, 2.24) is 10.2 Å². The predicted octanol–water partition coefficient (Wildman–Crippen LogP) is 3.10. The Hall–Kier alpha value is -1.26. The fourth-order valence-corrected chi connectivity index (χ4v) is 6.47. The highest BCUT2D eigenvalue weighted by atomic mass is 16.4. The van der Waals surface area contributed by atoms with E-state index in [1.165, 1.54) is 38.5 Å². The van der Waals surface area contributed by atoms with Crippen molar-refractivity contribution < 1.29 is 14.7 Å². The number of carbonyl (C=O) groups excluding carboxylic acids is 1. The van der Waals surface area contributed by atoms with Crippen molar-refractivity contribution in [2.45, 2.75) is 57.8 Å². The van der Waals surface area contributed by atoms with Crippen LogP contribution in [-0.2, 0) is 4.79 Å². The van der Waals surface area contributed by atoms with E-state index >= 15 is 0 Å². The molecule has 1 saturated heterocycles. The van der Waals surface area contributed by atoms with Crippen molar-refractivity contribution in [2.75, 3.05) is 19.6 Å². The topological polar surface area (TPSA) is 69.6 Å². The van der Waals surface area contributed by atoms with E-state index in [9.17, 15) is 9.59 Å². The van der Waals surface area contributed by atoms with Crippen LogP contribution in [0.4, 0.5) is 4.79 Å². The zero-order chi connectivity index (χ0) is 16.7. The quantitative estimate of drug-likeness (QED) is 0.830. The van der Waals surface area contributed by atoms with Crippen LogP contribution in [0.25, 0.3) is 0 Å². The molecule has 5 nitrogen and oxygen atoms in total. The van der Waals surface area contributed by atoms with Crippen LogP contribution >= 0.6 is 0 Å². The Balaban J connectivity index is 1.23. The van der Waals surface area contributed by atoms with Gasteiger partial charge in [-0.3, -0.25) is 4.79 Å². The van der Waals surface area contributed by atoms with E-state index in [0.29, 0.717) is 31.3 Å². The molecule has 5 fully saturated rings. The van der Waals surface area contributed by atoms with Crippen LogP contribution in [0.1, 0.15) is 57.8 Å². The summed E-state index contributed by atoms with van der Waals surface area (Å²) < 4.78 is 0. The van der Waals surface area contributed by atoms with E-state index in [4.69, 9.17) is 5.11 Å². The summed E-state index contributed by atoms with van der Waals surface area (Å²) in [7, 11) is 0. The molecule has 134 valence electrons. The van der Waals surface area contributed by atoms with Gasteiger partial charge in [-0.1, -0.05) is 0 Å². The second kappa shape index (κ2) is 6.23. The molecule has 5 heteroatoms. The monoisotopic (exact) mass is 334 g/mol. The van der Waals surface area contributed by atoms with Gasteiger partial charge in [-0.25, -0.2) is 4.79 Å². The number of aliphatic carboxylic acids is 1. The highest BCUT2D eigenvalue weighted by Gasteiger charge is 2.50. The summed E-state index contributed by atoms with van der Waals surface area (Å²) in [6.45, 7) is 1.92. The SMILES string of the molecule is O=C(O)C1CCN(C(=O)NCCC23CC4CC(CC(C4)C2)C3)CC1. The van der Waals surface area contributed by atoms with E-state index in [2.05, 4.69) is 5.32 Å². The van der Waals surface area contributed by atoms with Crippen molar-refractivity contribution in [3.63, 3.8) is 0 Å². The smallest absolute Gasteiger partial charge is 0.317 e. The molecular weight excluding hydrogens is 304 g/mol. The first-order valence-electron chi connectivity index (χ1n) is 9.79. The first kappa shape index (κ1) is 16.2. The summed E-state index contributed by atoms with van der Waals surface area (Å²) in [5.41, 5.74) is 0.512. The molecule has 0 unspecified atom stereocenters. The lowest BCUT2D eigenvalue weighted by Gasteiger charge is -2.57. The molecule has 0 aromatic heterocycles. The van der Waals surface area contributed by atoms with Crippen LogP contribution < -0.4 is 5.32 Å². The molecule has 4 saturated carbocycles. The van der Waals surface area contributed by atoms with Gasteiger partial charge < -0.3 is 15.3 Å². The van der Waals surface area contributed by atoms with Crippen LogP contribution in [0.15, 0.2) is 0 Å². The van der Waals surface area contributed by atoms with Gasteiger partial charge >= 0.3 is 12.0 Å². The molecule has 4 bridgehead atoms. The Bertz CT molecular complexity index is 475. The number of nitrogens with one attached hydrogen (secondary N) is 1. The van der Waals surface area contributed by atoms with E-state index < -0.39 is 5.97 Å². The fourth-order valence-electron chi connectivity index (χ4n) is 6.47. The molecule has 0 aromatic rings. The van der Waals surface area contributed by atoms with E-state index in [0.717, 1.165) is 30.7 Å². The highest BCUT2D eigenvalue weighted by molar-refractivity contribution is 5.75. The highest BCUT2D eigenvalue weighted by Crippen LogP contribution is 2.61. The largest absolute Gasteiger partial charge is 0.481 e. The molecule has 0 aromatic carbocycles. The zero-order valence-corrected chi connectivity index (χ0v) is 14.5. The lowest BCUT2D eigenvalue weighted by Crippen LogP contribution is -2.49. The van der Waals surface area contributed by atoms with Crippen LogP contribution in [0, 0.1) is 29.1 Å². The van der Waals surface area contributed by atoms with Gasteiger partial charge in [0.25, 0.3) is 0 Å². The maximum atomic E-state index is 12.3. The second-order valence-electron chi connectivity index (χ2n) is 9.00. The molecule has 2 amide bonds. The Morgan fingerprint density at radius 1 is 1.00 bits per heavy atom. The lowest BCUT2D eigenvalue weighted by molar-refractivity contribution is -0.143. The minimum atomic E-state index is -0.725. The number of carbonyl (C=O) groups is 2. The maximum Gasteiger partial charge on any atom is 0.317 e. The Morgan fingerprint density at radius 2 is 1.54 bits per heavy atom. The number of carboxylic acid groups (broad SMARTS) is 1. The molecule has 0 radical (unpaired) electrons. The van der Waals surface area contributed by atoms with Crippen LogP contribution in [0.3, 0.4) is 0 Å². The van der Waals surface area contributed by atoms with E-state index in [1.54, 1.807) is 4.90 Å². The summed E-state index contributed by atoms with van der Waals surface area (Å²) in [6, 6.07) is 0.00330. The number of carboxylic acids is 1. The molecule has 4 aliphatic carbocycles. The molecule has 1 heterocycles. The number of hydrogen-bond donors (Lipinski definition) is 2. The standard InChI is InChI=1S/C19H30N2O3/c22-17(23)16-1-5-21(6-2-16)18(24)20-4-3-19-10-13-7-14(11-19)9-15(8-13)12-19/h13-16H,1-12H2,(H,20,24)(H,22,23). The first-order chi connectivity index (χ1) is 11.5. The predicted molar refractivity (Wildman–Crippen MR) is 90.6 cm³/mol. The Labute approximate surface area is 144 Å². The van der Waals surface area contributed by atoms with Crippen molar-refractivity contribution in [1.29, 1.82) is 0 Å². The van der Waals surface area contributed by atoms with E-state index in [1.807, 2.05) is 0 Å². The number of urea groups is 1. The van der Waals surface area contributed by atoms with Crippen molar-refractivity contribution in [2.24, 2.45) is 29.1 Å². The minimum absolute atomic E-state index is 0.00330. The summed E-state index contributed by atoms with van der Waals surface area (Å²) in [6.07, 6.45) is 10.8. The molecule has 5 rings (SSSR count). The Kier molecular flexibility index (Phi) is 4.21. The third-order valence-electron chi connectivity index (χ3n) is 7.23. The zero-order valence-electron chi connectivity index (χ0n) is 14.5. The van der Waals surface area contributed by atoms with Gasteiger partial charge in [0.2, 0.25) is 0 Å². The first-order valence-corrected chi connectivity index (χ1v) is 9.79. The number of rotatable bonds is 4. The summed E-state index contributed by atoms with van der Waals surface area (Å²) >= 11 is 0. The van der Waals surface area contributed by atoms with E-state index in [-0.39, 0.29) is 11.9 Å². The molecule has 24 heavy (non-hydrogen) atoms. The fraction of sp³-hybridized carbons (Fsp3) is 0.895. The van der Waals surface area contributed by atoms with Gasteiger partial charge in [-0.05, 0) is 81.0 Å². The van der Waals surface area contributed by atoms with Gasteiger partial charge in [-0.15, -0.1) is 0 Å². The van der Waals surface area contributed by atoms with Crippen LogP contribution in [0.5, 0.6) is 0 Å². The summed E-state index contributed by atoms with van der Waals surface area (Å²) in [4.78, 5) is 25.1. The second-order valence-corrected chi connectivity index (χ2v) is 9.00. The van der Waals surface area contributed by atoms with Gasteiger partial charge in [0, 0.05) is 19.6 Å². The molecule has 2 N–H and O–H groups in total. The third kappa shape index (κ3) is 3.14. The number of piperidine rings is 1. The van der Waals surface area contributed by atoms with Gasteiger partial charge in [-0.2, -0.15) is 0 Å². The lowest BCUT2D eigenvalue weighted by atomic mass is 9.49. The van der Waals surface area contributed by atoms with Crippen LogP contribution in [-0.4, -0.2) is 41.6 Å². The number of likely N-dealkylation sites (tertiary alicyclic amines) is 1. The molecule has 0 spiro atoms. The molecular formula is C19H30N2O3. The summed E-state index contributed by atoms with van der Waals surface area (Å²) in [5.74, 6) is 1.88. The van der Waals surface area contributed by atoms with Crippen molar-refractivity contribution >= 4 is 12.0 Å². The number of nitrogens with zero attached hydrogens (tertiary/aromatic N) is 1. The third-order valence-corrected chi connectivity index (χ3v) is 7.23.